The van der Waals surface area contributed by atoms with Gasteiger partial charge in [0.15, 0.2) is 0 Å². The number of anilines is 2. The van der Waals surface area contributed by atoms with Crippen LogP contribution in [0.25, 0.3) is 11.0 Å². The molecule has 8 heteroatoms. The predicted octanol–water partition coefficient (Wildman–Crippen LogP) is 3.07. The number of carbonyl (C=O) groups excluding carboxylic acids is 1. The van der Waals surface area contributed by atoms with Crippen LogP contribution in [0.3, 0.4) is 0 Å². The standard InChI is InChI=1S/C18H22N6OS/c1-3-24-15-9-5-4-8-14(15)19-18(24)23-10-6-7-13(11-23)16(25)20-17-22-21-12(2)26-17/h4-5,8-9,13H,3,6-7,10-11H2,1-2H3,(H,20,22,25). The first-order valence-electron chi connectivity index (χ1n) is 8.97. The zero-order chi connectivity index (χ0) is 18.1. The number of imidazole rings is 1. The van der Waals surface area contributed by atoms with Crippen molar-refractivity contribution in [1.82, 2.24) is 19.7 Å². The molecule has 3 aromatic rings. The molecule has 0 radical (unpaired) electrons. The molecule has 1 amide bonds. The number of nitrogens with zero attached hydrogens (tertiary/aromatic N) is 5. The third-order valence-corrected chi connectivity index (χ3v) is 5.54. The first kappa shape index (κ1) is 17.0. The van der Waals surface area contributed by atoms with E-state index in [0.717, 1.165) is 47.9 Å². The minimum absolute atomic E-state index is 0.0185. The third kappa shape index (κ3) is 3.16. The highest BCUT2D eigenvalue weighted by molar-refractivity contribution is 7.15. The van der Waals surface area contributed by atoms with E-state index in [-0.39, 0.29) is 11.8 Å². The first-order valence-corrected chi connectivity index (χ1v) is 9.78. The topological polar surface area (TPSA) is 75.9 Å². The lowest BCUT2D eigenvalue weighted by Crippen LogP contribution is -2.41. The number of aryl methyl sites for hydroxylation is 2. The van der Waals surface area contributed by atoms with Gasteiger partial charge in [-0.1, -0.05) is 23.5 Å². The Labute approximate surface area is 156 Å². The third-order valence-electron chi connectivity index (χ3n) is 4.78. The molecule has 2 aromatic heterocycles. The lowest BCUT2D eigenvalue weighted by Gasteiger charge is -2.32. The van der Waals surface area contributed by atoms with Gasteiger partial charge in [0.1, 0.15) is 5.01 Å². The number of para-hydroxylation sites is 2. The van der Waals surface area contributed by atoms with E-state index in [2.05, 4.69) is 38.0 Å². The molecule has 4 rings (SSSR count). The van der Waals surface area contributed by atoms with E-state index in [9.17, 15) is 4.79 Å². The first-order chi connectivity index (χ1) is 12.7. The molecule has 3 heterocycles. The molecule has 1 aromatic carbocycles. The van der Waals surface area contributed by atoms with E-state index in [0.29, 0.717) is 11.7 Å². The maximum absolute atomic E-state index is 12.7. The van der Waals surface area contributed by atoms with Gasteiger partial charge in [0.05, 0.1) is 17.0 Å². The van der Waals surface area contributed by atoms with Crippen LogP contribution >= 0.6 is 11.3 Å². The highest BCUT2D eigenvalue weighted by atomic mass is 32.1. The number of aromatic nitrogens is 4. The number of carbonyl (C=O) groups is 1. The monoisotopic (exact) mass is 370 g/mol. The number of fused-ring (bicyclic) bond motifs is 1. The van der Waals surface area contributed by atoms with Crippen molar-refractivity contribution in [2.75, 3.05) is 23.3 Å². The van der Waals surface area contributed by atoms with Crippen molar-refractivity contribution < 1.29 is 4.79 Å². The summed E-state index contributed by atoms with van der Waals surface area (Å²) in [5.41, 5.74) is 2.14. The molecule has 1 fully saturated rings. The van der Waals surface area contributed by atoms with Crippen molar-refractivity contribution in [3.05, 3.63) is 29.3 Å². The number of benzene rings is 1. The Morgan fingerprint density at radius 1 is 1.35 bits per heavy atom. The second-order valence-electron chi connectivity index (χ2n) is 6.55. The summed E-state index contributed by atoms with van der Waals surface area (Å²) in [5.74, 6) is 0.904. The number of rotatable bonds is 4. The van der Waals surface area contributed by atoms with E-state index < -0.39 is 0 Å². The quantitative estimate of drug-likeness (QED) is 0.764. The zero-order valence-electron chi connectivity index (χ0n) is 15.0. The molecule has 0 saturated carbocycles. The summed E-state index contributed by atoms with van der Waals surface area (Å²) in [6.07, 6.45) is 1.85. The lowest BCUT2D eigenvalue weighted by atomic mass is 9.97. The molecule has 7 nitrogen and oxygen atoms in total. The Morgan fingerprint density at radius 2 is 2.19 bits per heavy atom. The zero-order valence-corrected chi connectivity index (χ0v) is 15.8. The van der Waals surface area contributed by atoms with Crippen molar-refractivity contribution >= 4 is 39.4 Å². The van der Waals surface area contributed by atoms with Gasteiger partial charge in [0.25, 0.3) is 0 Å². The van der Waals surface area contributed by atoms with Crippen molar-refractivity contribution in [3.8, 4) is 0 Å². The molecule has 1 aliphatic heterocycles. The Bertz CT molecular complexity index is 933. The Hall–Kier alpha value is -2.48. The van der Waals surface area contributed by atoms with E-state index in [4.69, 9.17) is 4.98 Å². The summed E-state index contributed by atoms with van der Waals surface area (Å²) in [5, 5.41) is 12.3. The molecule has 1 aliphatic rings. The van der Waals surface area contributed by atoms with Gasteiger partial charge in [-0.15, -0.1) is 10.2 Å². The van der Waals surface area contributed by atoms with E-state index in [1.807, 2.05) is 25.1 Å². The SMILES string of the molecule is CCn1c(N2CCCC(C(=O)Nc3nnc(C)s3)C2)nc2ccccc21. The van der Waals surface area contributed by atoms with Gasteiger partial charge < -0.3 is 14.8 Å². The predicted molar refractivity (Wildman–Crippen MR) is 104 cm³/mol. The van der Waals surface area contributed by atoms with Gasteiger partial charge in [-0.3, -0.25) is 4.79 Å². The van der Waals surface area contributed by atoms with Gasteiger partial charge in [-0.2, -0.15) is 0 Å². The van der Waals surface area contributed by atoms with Crippen LogP contribution in [0, 0.1) is 12.8 Å². The Balaban J connectivity index is 1.54. The minimum Gasteiger partial charge on any atom is -0.341 e. The smallest absolute Gasteiger partial charge is 0.231 e. The Kier molecular flexibility index (Phi) is 4.58. The van der Waals surface area contributed by atoms with Crippen LogP contribution in [0.5, 0.6) is 0 Å². The fourth-order valence-corrected chi connectivity index (χ4v) is 4.14. The van der Waals surface area contributed by atoms with Crippen LogP contribution < -0.4 is 10.2 Å². The average Bonchev–Trinajstić information content (AvgIpc) is 3.24. The van der Waals surface area contributed by atoms with Gasteiger partial charge in [-0.25, -0.2) is 4.98 Å². The van der Waals surface area contributed by atoms with E-state index >= 15 is 0 Å². The lowest BCUT2D eigenvalue weighted by molar-refractivity contribution is -0.120. The van der Waals surface area contributed by atoms with Crippen molar-refractivity contribution in [3.63, 3.8) is 0 Å². The average molecular weight is 370 g/mol. The molecule has 1 atom stereocenters. The van der Waals surface area contributed by atoms with Gasteiger partial charge in [0, 0.05) is 19.6 Å². The maximum atomic E-state index is 12.7. The van der Waals surface area contributed by atoms with Crippen LogP contribution in [0.1, 0.15) is 24.8 Å². The summed E-state index contributed by atoms with van der Waals surface area (Å²) in [4.78, 5) is 19.7. The summed E-state index contributed by atoms with van der Waals surface area (Å²) in [7, 11) is 0. The molecule has 26 heavy (non-hydrogen) atoms. The summed E-state index contributed by atoms with van der Waals surface area (Å²) >= 11 is 1.40. The van der Waals surface area contributed by atoms with Crippen LogP contribution in [0.4, 0.5) is 11.1 Å². The molecule has 0 bridgehead atoms. The van der Waals surface area contributed by atoms with Gasteiger partial charge in [0.2, 0.25) is 17.0 Å². The molecule has 1 saturated heterocycles. The van der Waals surface area contributed by atoms with Crippen molar-refractivity contribution in [1.29, 1.82) is 0 Å². The normalized spacial score (nSPS) is 17.6. The number of hydrogen-bond donors (Lipinski definition) is 1. The van der Waals surface area contributed by atoms with Crippen molar-refractivity contribution in [2.24, 2.45) is 5.92 Å². The minimum atomic E-state index is -0.0712. The number of nitrogens with one attached hydrogen (secondary N) is 1. The number of piperidine rings is 1. The summed E-state index contributed by atoms with van der Waals surface area (Å²) in [6, 6.07) is 8.18. The molecule has 0 spiro atoms. The maximum Gasteiger partial charge on any atom is 0.231 e. The number of hydrogen-bond acceptors (Lipinski definition) is 6. The van der Waals surface area contributed by atoms with Crippen LogP contribution in [-0.2, 0) is 11.3 Å². The molecule has 1 unspecified atom stereocenters. The molecule has 0 aliphatic carbocycles. The highest BCUT2D eigenvalue weighted by Crippen LogP contribution is 2.27. The molecular weight excluding hydrogens is 348 g/mol. The van der Waals surface area contributed by atoms with E-state index in [1.54, 1.807) is 0 Å². The van der Waals surface area contributed by atoms with Gasteiger partial charge in [-0.05, 0) is 38.8 Å². The fraction of sp³-hybridized carbons (Fsp3) is 0.444. The van der Waals surface area contributed by atoms with Crippen LogP contribution in [0.2, 0.25) is 0 Å². The van der Waals surface area contributed by atoms with E-state index in [1.165, 1.54) is 11.3 Å². The van der Waals surface area contributed by atoms with Crippen LogP contribution in [-0.4, -0.2) is 38.7 Å². The Morgan fingerprint density at radius 3 is 2.96 bits per heavy atom. The molecular formula is C18H22N6OS. The molecule has 1 N–H and O–H groups in total. The van der Waals surface area contributed by atoms with Crippen molar-refractivity contribution in [2.45, 2.75) is 33.2 Å². The molecule has 136 valence electrons. The second-order valence-corrected chi connectivity index (χ2v) is 7.73. The van der Waals surface area contributed by atoms with Gasteiger partial charge >= 0.3 is 0 Å². The highest BCUT2D eigenvalue weighted by Gasteiger charge is 2.29. The largest absolute Gasteiger partial charge is 0.341 e. The fourth-order valence-electron chi connectivity index (χ4n) is 3.54. The summed E-state index contributed by atoms with van der Waals surface area (Å²) < 4.78 is 2.23. The van der Waals surface area contributed by atoms with Crippen LogP contribution in [0.15, 0.2) is 24.3 Å². The summed E-state index contributed by atoms with van der Waals surface area (Å²) in [6.45, 7) is 6.46. The number of amides is 1. The second kappa shape index (κ2) is 7.03.